The fourth-order valence-electron chi connectivity index (χ4n) is 3.45. The van der Waals surface area contributed by atoms with E-state index < -0.39 is 17.6 Å². The van der Waals surface area contributed by atoms with Crippen LogP contribution in [0.2, 0.25) is 0 Å². The third-order valence-electron chi connectivity index (χ3n) is 5.15. The summed E-state index contributed by atoms with van der Waals surface area (Å²) in [6, 6.07) is 10.7. The van der Waals surface area contributed by atoms with Crippen molar-refractivity contribution in [2.75, 3.05) is 26.2 Å². The van der Waals surface area contributed by atoms with Crippen LogP contribution in [0, 0.1) is 5.82 Å². The lowest BCUT2D eigenvalue weighted by Crippen LogP contribution is -2.48. The van der Waals surface area contributed by atoms with E-state index in [-0.39, 0.29) is 11.4 Å². The molecule has 2 aromatic carbocycles. The zero-order valence-corrected chi connectivity index (χ0v) is 17.2. The predicted octanol–water partition coefficient (Wildman–Crippen LogP) is 4.93. The number of benzene rings is 2. The third kappa shape index (κ3) is 5.11. The van der Waals surface area contributed by atoms with E-state index in [1.54, 1.807) is 17.0 Å². The second-order valence-electron chi connectivity index (χ2n) is 7.28. The Balaban J connectivity index is 1.34. The van der Waals surface area contributed by atoms with Gasteiger partial charge in [0, 0.05) is 42.7 Å². The minimum Gasteiger partial charge on any atom is -0.336 e. The highest BCUT2D eigenvalue weighted by atomic mass is 32.1. The summed E-state index contributed by atoms with van der Waals surface area (Å²) < 4.78 is 51.8. The van der Waals surface area contributed by atoms with Gasteiger partial charge in [0.1, 0.15) is 10.8 Å². The number of halogens is 4. The van der Waals surface area contributed by atoms with Crippen LogP contribution in [0.4, 0.5) is 17.6 Å². The van der Waals surface area contributed by atoms with Crippen LogP contribution in [0.3, 0.4) is 0 Å². The van der Waals surface area contributed by atoms with Crippen molar-refractivity contribution in [1.82, 2.24) is 14.8 Å². The first-order valence-electron chi connectivity index (χ1n) is 9.69. The molecule has 0 radical (unpaired) electrons. The second-order valence-corrected chi connectivity index (χ2v) is 8.22. The van der Waals surface area contributed by atoms with Gasteiger partial charge in [0.25, 0.3) is 5.91 Å². The van der Waals surface area contributed by atoms with Gasteiger partial charge < -0.3 is 4.90 Å². The first-order chi connectivity index (χ1) is 14.8. The Morgan fingerprint density at radius 1 is 1.03 bits per heavy atom. The van der Waals surface area contributed by atoms with E-state index in [1.807, 2.05) is 5.38 Å². The molecule has 1 saturated heterocycles. The highest BCUT2D eigenvalue weighted by molar-refractivity contribution is 7.09. The zero-order valence-electron chi connectivity index (χ0n) is 16.4. The highest BCUT2D eigenvalue weighted by Crippen LogP contribution is 2.30. The summed E-state index contributed by atoms with van der Waals surface area (Å²) in [4.78, 5) is 21.0. The summed E-state index contributed by atoms with van der Waals surface area (Å²) in [5.41, 5.74) is 0.864. The van der Waals surface area contributed by atoms with Crippen molar-refractivity contribution in [1.29, 1.82) is 0 Å². The molecule has 1 amide bonds. The molecule has 0 unspecified atom stereocenters. The number of nitrogens with zero attached hydrogens (tertiary/aromatic N) is 3. The van der Waals surface area contributed by atoms with Crippen LogP contribution in [0.1, 0.15) is 20.9 Å². The van der Waals surface area contributed by atoms with E-state index in [0.29, 0.717) is 32.7 Å². The largest absolute Gasteiger partial charge is 0.416 e. The maximum atomic E-state index is 13.1. The van der Waals surface area contributed by atoms with Crippen LogP contribution in [0.25, 0.3) is 11.3 Å². The highest BCUT2D eigenvalue weighted by Gasteiger charge is 2.31. The van der Waals surface area contributed by atoms with E-state index in [1.165, 1.54) is 35.6 Å². The van der Waals surface area contributed by atoms with Crippen molar-refractivity contribution in [2.24, 2.45) is 0 Å². The summed E-state index contributed by atoms with van der Waals surface area (Å²) in [5.74, 6) is -0.685. The Hall–Kier alpha value is -2.78. The maximum Gasteiger partial charge on any atom is 0.416 e. The summed E-state index contributed by atoms with van der Waals surface area (Å²) in [5, 5.41) is 2.84. The Kier molecular flexibility index (Phi) is 6.06. The van der Waals surface area contributed by atoms with Crippen LogP contribution < -0.4 is 0 Å². The number of aromatic nitrogens is 1. The lowest BCUT2D eigenvalue weighted by atomic mass is 10.1. The molecule has 3 aromatic rings. The van der Waals surface area contributed by atoms with Crippen molar-refractivity contribution in [3.8, 4) is 11.3 Å². The molecule has 0 aliphatic carbocycles. The Morgan fingerprint density at radius 2 is 1.74 bits per heavy atom. The fraction of sp³-hybridized carbons (Fsp3) is 0.273. The van der Waals surface area contributed by atoms with Crippen LogP contribution in [0.15, 0.2) is 53.9 Å². The molecule has 1 aliphatic heterocycles. The van der Waals surface area contributed by atoms with E-state index in [4.69, 9.17) is 0 Å². The normalized spacial score (nSPS) is 15.3. The molecule has 0 atom stereocenters. The number of carbonyl (C=O) groups is 1. The molecular weight excluding hydrogens is 430 g/mol. The molecule has 162 valence electrons. The molecule has 4 rings (SSSR count). The van der Waals surface area contributed by atoms with Crippen molar-refractivity contribution in [3.63, 3.8) is 0 Å². The van der Waals surface area contributed by atoms with Gasteiger partial charge in [-0.2, -0.15) is 13.2 Å². The molecule has 0 saturated carbocycles. The molecule has 2 heterocycles. The number of piperazine rings is 1. The average molecular weight is 449 g/mol. The number of hydrogen-bond acceptors (Lipinski definition) is 4. The molecule has 0 bridgehead atoms. The van der Waals surface area contributed by atoms with Crippen molar-refractivity contribution < 1.29 is 22.4 Å². The van der Waals surface area contributed by atoms with Crippen LogP contribution in [-0.4, -0.2) is 46.9 Å². The van der Waals surface area contributed by atoms with E-state index >= 15 is 0 Å². The lowest BCUT2D eigenvalue weighted by Gasteiger charge is -2.34. The first-order valence-corrected chi connectivity index (χ1v) is 10.6. The molecular formula is C22H19F4N3OS. The Labute approximate surface area is 180 Å². The summed E-state index contributed by atoms with van der Waals surface area (Å²) in [7, 11) is 0. The smallest absolute Gasteiger partial charge is 0.336 e. The van der Waals surface area contributed by atoms with Crippen LogP contribution in [0.5, 0.6) is 0 Å². The Morgan fingerprint density at radius 3 is 2.42 bits per heavy atom. The van der Waals surface area contributed by atoms with Crippen molar-refractivity contribution in [2.45, 2.75) is 12.7 Å². The molecule has 1 aliphatic rings. The minimum atomic E-state index is -4.48. The number of alkyl halides is 3. The van der Waals surface area contributed by atoms with Gasteiger partial charge in [-0.15, -0.1) is 11.3 Å². The quantitative estimate of drug-likeness (QED) is 0.530. The van der Waals surface area contributed by atoms with Gasteiger partial charge in [-0.3, -0.25) is 9.69 Å². The predicted molar refractivity (Wildman–Crippen MR) is 110 cm³/mol. The summed E-state index contributed by atoms with van der Waals surface area (Å²) >= 11 is 1.52. The third-order valence-corrected chi connectivity index (χ3v) is 5.98. The van der Waals surface area contributed by atoms with Gasteiger partial charge in [0.2, 0.25) is 0 Å². The molecule has 4 nitrogen and oxygen atoms in total. The van der Waals surface area contributed by atoms with Gasteiger partial charge in [-0.1, -0.05) is 6.07 Å². The molecule has 9 heteroatoms. The number of hydrogen-bond donors (Lipinski definition) is 0. The number of amides is 1. The van der Waals surface area contributed by atoms with E-state index in [0.717, 1.165) is 28.4 Å². The Bertz CT molecular complexity index is 1060. The SMILES string of the molecule is O=C(c1cccc(C(F)(F)F)c1)N1CCN(Cc2nc(-c3ccc(F)cc3)cs2)CC1. The molecule has 31 heavy (non-hydrogen) atoms. The molecule has 1 fully saturated rings. The molecule has 0 spiro atoms. The van der Waals surface area contributed by atoms with E-state index in [2.05, 4.69) is 9.88 Å². The first kappa shape index (κ1) is 21.5. The monoisotopic (exact) mass is 449 g/mol. The average Bonchev–Trinajstić information content (AvgIpc) is 3.22. The second kappa shape index (κ2) is 8.76. The molecule has 0 N–H and O–H groups in total. The lowest BCUT2D eigenvalue weighted by molar-refractivity contribution is -0.137. The maximum absolute atomic E-state index is 13.1. The number of thiazole rings is 1. The number of carbonyl (C=O) groups excluding carboxylic acids is 1. The number of rotatable bonds is 4. The van der Waals surface area contributed by atoms with Crippen LogP contribution >= 0.6 is 11.3 Å². The van der Waals surface area contributed by atoms with Crippen LogP contribution in [-0.2, 0) is 12.7 Å². The molecule has 1 aromatic heterocycles. The van der Waals surface area contributed by atoms with Gasteiger partial charge in [0.05, 0.1) is 17.8 Å². The summed E-state index contributed by atoms with van der Waals surface area (Å²) in [6.45, 7) is 2.71. The van der Waals surface area contributed by atoms with Crippen molar-refractivity contribution in [3.05, 3.63) is 75.9 Å². The minimum absolute atomic E-state index is 0.0483. The summed E-state index contributed by atoms with van der Waals surface area (Å²) in [6.07, 6.45) is -4.48. The zero-order chi connectivity index (χ0) is 22.0. The van der Waals surface area contributed by atoms with Gasteiger partial charge in [0.15, 0.2) is 0 Å². The standard InChI is InChI=1S/C22H19F4N3OS/c23-18-6-4-15(5-7-18)19-14-31-20(27-19)13-28-8-10-29(11-9-28)21(30)16-2-1-3-17(12-16)22(24,25)26/h1-7,12,14H,8-11,13H2. The van der Waals surface area contributed by atoms with Gasteiger partial charge in [-0.25, -0.2) is 9.37 Å². The van der Waals surface area contributed by atoms with Crippen molar-refractivity contribution >= 4 is 17.2 Å². The topological polar surface area (TPSA) is 36.4 Å². The van der Waals surface area contributed by atoms with Gasteiger partial charge >= 0.3 is 6.18 Å². The van der Waals surface area contributed by atoms with Gasteiger partial charge in [-0.05, 0) is 42.5 Å². The van der Waals surface area contributed by atoms with E-state index in [9.17, 15) is 22.4 Å². The fourth-order valence-corrected chi connectivity index (χ4v) is 4.29.